The lowest BCUT2D eigenvalue weighted by Crippen LogP contribution is -2.17. The van der Waals surface area contributed by atoms with Gasteiger partial charge in [0.15, 0.2) is 0 Å². The summed E-state index contributed by atoms with van der Waals surface area (Å²) in [5.74, 6) is 0. The Balaban J connectivity index is 2.98. The van der Waals surface area contributed by atoms with Gasteiger partial charge in [0.2, 0.25) is 0 Å². The molecular formula is C14H30NO2-. The van der Waals surface area contributed by atoms with E-state index in [0.29, 0.717) is 18.4 Å². The quantitative estimate of drug-likeness (QED) is 0.349. The lowest BCUT2D eigenvalue weighted by Gasteiger charge is -2.25. The molecule has 0 spiro atoms. The number of unbranched alkanes of at least 4 members (excludes halogenated alkanes) is 9. The highest BCUT2D eigenvalue weighted by Crippen LogP contribution is 2.10. The molecule has 0 saturated heterocycles. The summed E-state index contributed by atoms with van der Waals surface area (Å²) < 4.78 is 0. The molecule has 0 unspecified atom stereocenters. The average molecular weight is 244 g/mol. The van der Waals surface area contributed by atoms with E-state index in [1.54, 1.807) is 0 Å². The summed E-state index contributed by atoms with van der Waals surface area (Å²) in [5.41, 5.74) is 0. The van der Waals surface area contributed by atoms with E-state index in [-0.39, 0.29) is 0 Å². The maximum atomic E-state index is 11.0. The summed E-state index contributed by atoms with van der Waals surface area (Å²) in [4.78, 5) is 4.80. The third kappa shape index (κ3) is 13.8. The van der Waals surface area contributed by atoms with Crippen LogP contribution in [0.25, 0.3) is 0 Å². The minimum Gasteiger partial charge on any atom is -0.762 e. The second-order valence-electron chi connectivity index (χ2n) is 4.66. The standard InChI is InChI=1S/C14H30NO2/c1-3-5-6-7-8-9-10-11-12-13-14-15(16)17-4-2/h3-14H2,1-2H3/q-1. The molecule has 0 radical (unpaired) electrons. The molecule has 0 aromatic heterocycles. The van der Waals surface area contributed by atoms with Crippen LogP contribution in [0.3, 0.4) is 0 Å². The van der Waals surface area contributed by atoms with Crippen LogP contribution in [0.5, 0.6) is 0 Å². The fraction of sp³-hybridized carbons (Fsp3) is 1.00. The Bertz CT molecular complexity index is 142. The first-order valence-electron chi connectivity index (χ1n) is 7.38. The van der Waals surface area contributed by atoms with Gasteiger partial charge < -0.3 is 10.0 Å². The van der Waals surface area contributed by atoms with Gasteiger partial charge in [-0.2, -0.15) is 0 Å². The van der Waals surface area contributed by atoms with Gasteiger partial charge in [-0.3, -0.25) is 5.23 Å². The van der Waals surface area contributed by atoms with Crippen LogP contribution >= 0.6 is 0 Å². The lowest BCUT2D eigenvalue weighted by atomic mass is 10.1. The van der Waals surface area contributed by atoms with E-state index in [1.165, 1.54) is 51.4 Å². The highest BCUT2D eigenvalue weighted by molar-refractivity contribution is 4.50. The molecule has 0 N–H and O–H groups in total. The summed E-state index contributed by atoms with van der Waals surface area (Å²) >= 11 is 0. The average Bonchev–Trinajstić information content (AvgIpc) is 2.32. The molecule has 17 heavy (non-hydrogen) atoms. The first-order chi connectivity index (χ1) is 8.31. The van der Waals surface area contributed by atoms with E-state index in [0.717, 1.165) is 12.8 Å². The van der Waals surface area contributed by atoms with E-state index in [2.05, 4.69) is 6.92 Å². The number of hydroxylamine groups is 2. The molecule has 3 heteroatoms. The van der Waals surface area contributed by atoms with Crippen molar-refractivity contribution in [2.24, 2.45) is 0 Å². The largest absolute Gasteiger partial charge is 0.762 e. The molecule has 0 saturated carbocycles. The summed E-state index contributed by atoms with van der Waals surface area (Å²) in [6.45, 7) is 5.08. The van der Waals surface area contributed by atoms with E-state index in [1.807, 2.05) is 6.92 Å². The van der Waals surface area contributed by atoms with Crippen molar-refractivity contribution in [1.29, 1.82) is 0 Å². The summed E-state index contributed by atoms with van der Waals surface area (Å²) in [5, 5.41) is 11.7. The fourth-order valence-corrected chi connectivity index (χ4v) is 1.94. The Kier molecular flexibility index (Phi) is 13.8. The molecule has 0 aliphatic carbocycles. The maximum absolute atomic E-state index is 11.0. The summed E-state index contributed by atoms with van der Waals surface area (Å²) in [7, 11) is 0. The molecule has 0 aliphatic rings. The van der Waals surface area contributed by atoms with Crippen molar-refractivity contribution >= 4 is 0 Å². The molecular weight excluding hydrogens is 214 g/mol. The van der Waals surface area contributed by atoms with Crippen molar-refractivity contribution in [3.05, 3.63) is 5.21 Å². The van der Waals surface area contributed by atoms with Crippen molar-refractivity contribution in [1.82, 2.24) is 5.23 Å². The lowest BCUT2D eigenvalue weighted by molar-refractivity contribution is -0.115. The van der Waals surface area contributed by atoms with Gasteiger partial charge in [0, 0.05) is 6.54 Å². The summed E-state index contributed by atoms with van der Waals surface area (Å²) in [6, 6.07) is 0. The van der Waals surface area contributed by atoms with Crippen LogP contribution in [-0.2, 0) is 4.84 Å². The molecule has 0 bridgehead atoms. The Morgan fingerprint density at radius 1 is 0.765 bits per heavy atom. The molecule has 0 atom stereocenters. The number of hydrogen-bond acceptors (Lipinski definition) is 3. The summed E-state index contributed by atoms with van der Waals surface area (Å²) in [6.07, 6.45) is 12.9. The second kappa shape index (κ2) is 13.9. The number of rotatable bonds is 13. The molecule has 0 aliphatic heterocycles. The molecule has 3 nitrogen and oxygen atoms in total. The van der Waals surface area contributed by atoms with Crippen LogP contribution in [0.2, 0.25) is 0 Å². The van der Waals surface area contributed by atoms with Gasteiger partial charge in [-0.05, 0) is 13.3 Å². The second-order valence-corrected chi connectivity index (χ2v) is 4.66. The van der Waals surface area contributed by atoms with Crippen molar-refractivity contribution in [3.8, 4) is 0 Å². The highest BCUT2D eigenvalue weighted by Gasteiger charge is 1.94. The molecule has 0 aromatic rings. The van der Waals surface area contributed by atoms with Crippen molar-refractivity contribution in [3.63, 3.8) is 0 Å². The van der Waals surface area contributed by atoms with Crippen LogP contribution in [0.15, 0.2) is 0 Å². The Labute approximate surface area is 107 Å². The third-order valence-corrected chi connectivity index (χ3v) is 2.97. The predicted molar refractivity (Wildman–Crippen MR) is 73.5 cm³/mol. The maximum Gasteiger partial charge on any atom is 0.0644 e. The highest BCUT2D eigenvalue weighted by atomic mass is 16.9. The molecule has 0 fully saturated rings. The van der Waals surface area contributed by atoms with Gasteiger partial charge in [-0.15, -0.1) is 0 Å². The molecule has 104 valence electrons. The van der Waals surface area contributed by atoms with Gasteiger partial charge in [-0.25, -0.2) is 0 Å². The van der Waals surface area contributed by atoms with Crippen LogP contribution in [0, 0.1) is 5.21 Å². The SMILES string of the molecule is CCCCCCCCCCCCN([O-])OCC. The topological polar surface area (TPSA) is 35.5 Å². The third-order valence-electron chi connectivity index (χ3n) is 2.97. The number of nitrogens with zero attached hydrogens (tertiary/aromatic N) is 1. The van der Waals surface area contributed by atoms with E-state index < -0.39 is 0 Å². The van der Waals surface area contributed by atoms with Crippen LogP contribution in [0.1, 0.15) is 78.1 Å². The molecule has 0 rings (SSSR count). The van der Waals surface area contributed by atoms with E-state index in [4.69, 9.17) is 4.84 Å². The molecule has 0 heterocycles. The normalized spacial score (nSPS) is 11.3. The minimum atomic E-state index is 0.473. The van der Waals surface area contributed by atoms with Crippen LogP contribution < -0.4 is 0 Å². The predicted octanol–water partition coefficient (Wildman–Crippen LogP) is 4.66. The van der Waals surface area contributed by atoms with Crippen molar-refractivity contribution in [2.75, 3.05) is 13.2 Å². The Morgan fingerprint density at radius 3 is 1.71 bits per heavy atom. The van der Waals surface area contributed by atoms with Crippen LogP contribution in [-0.4, -0.2) is 18.4 Å². The Hall–Kier alpha value is -0.120. The minimum absolute atomic E-state index is 0.473. The fourth-order valence-electron chi connectivity index (χ4n) is 1.94. The van der Waals surface area contributed by atoms with Gasteiger partial charge >= 0.3 is 0 Å². The van der Waals surface area contributed by atoms with Gasteiger partial charge in [0.25, 0.3) is 0 Å². The van der Waals surface area contributed by atoms with Gasteiger partial charge in [-0.1, -0.05) is 64.7 Å². The van der Waals surface area contributed by atoms with E-state index in [9.17, 15) is 5.21 Å². The molecule has 0 aromatic carbocycles. The first-order valence-corrected chi connectivity index (χ1v) is 7.38. The van der Waals surface area contributed by atoms with Crippen LogP contribution in [0.4, 0.5) is 0 Å². The number of hydrogen-bond donors (Lipinski definition) is 0. The van der Waals surface area contributed by atoms with Gasteiger partial charge in [0.05, 0.1) is 6.61 Å². The smallest absolute Gasteiger partial charge is 0.0644 e. The van der Waals surface area contributed by atoms with E-state index >= 15 is 0 Å². The van der Waals surface area contributed by atoms with Crippen molar-refractivity contribution < 1.29 is 4.84 Å². The van der Waals surface area contributed by atoms with Crippen molar-refractivity contribution in [2.45, 2.75) is 78.1 Å². The zero-order valence-corrected chi connectivity index (χ0v) is 11.7. The Morgan fingerprint density at radius 2 is 1.24 bits per heavy atom. The zero-order valence-electron chi connectivity index (χ0n) is 11.7. The zero-order chi connectivity index (χ0) is 12.8. The van der Waals surface area contributed by atoms with Gasteiger partial charge in [0.1, 0.15) is 0 Å². The first kappa shape index (κ1) is 16.9. The monoisotopic (exact) mass is 244 g/mol. The molecule has 0 amide bonds.